The van der Waals surface area contributed by atoms with E-state index in [0.29, 0.717) is 87.4 Å². The van der Waals surface area contributed by atoms with Crippen LogP contribution in [0.1, 0.15) is 31.4 Å². The number of nitrogens with zero attached hydrogens (tertiary/aromatic N) is 11. The summed E-state index contributed by atoms with van der Waals surface area (Å²) in [4.78, 5) is 42.7. The van der Waals surface area contributed by atoms with Gasteiger partial charge in [0.15, 0.2) is 0 Å². The van der Waals surface area contributed by atoms with Crippen molar-refractivity contribution in [1.29, 1.82) is 0 Å². The van der Waals surface area contributed by atoms with Gasteiger partial charge < -0.3 is 68.0 Å². The van der Waals surface area contributed by atoms with Gasteiger partial charge in [0, 0.05) is 74.2 Å². The standard InChI is InChI=1S/C66H79N15O6/c1-77(2)26-9-31-82-47-15-21-53-57(39-47)71-63(67-53)44-13-19-51(65-69-55-23-17-49(41-59(55)73-65)84-33-11-28-79(5)6)61(37-44)86-35-25-46-43-81(76-75-46)30-36-87-62-38-45(64-68-54-22-16-48(40-58(54)72-64)83-32-10-27-78(3)4)14-20-52(62)66-70-56-24-18-50(42-60(56)74-66)85-34-12-29-80(7)8/h13-24,37-43H,9-12,25-36H2,1-8H3,(H,67,71)(H,68,72)(H,69,73)(H,70,74). The van der Waals surface area contributed by atoms with E-state index in [9.17, 15) is 0 Å². The minimum atomic E-state index is 0.292. The molecule has 0 aliphatic rings. The third-order valence-corrected chi connectivity index (χ3v) is 14.7. The van der Waals surface area contributed by atoms with E-state index >= 15 is 0 Å². The molecule has 0 radical (unpaired) electrons. The van der Waals surface area contributed by atoms with E-state index in [4.69, 9.17) is 48.4 Å². The van der Waals surface area contributed by atoms with Crippen molar-refractivity contribution in [2.75, 3.05) is 122 Å². The Bertz CT molecular complexity index is 3790. The zero-order chi connectivity index (χ0) is 60.2. The monoisotopic (exact) mass is 1180 g/mol. The lowest BCUT2D eigenvalue weighted by molar-refractivity contribution is 0.282. The van der Waals surface area contributed by atoms with Crippen LogP contribution in [0.25, 0.3) is 89.7 Å². The Labute approximate surface area is 506 Å². The summed E-state index contributed by atoms with van der Waals surface area (Å²) in [6.45, 7) is 7.34. The number of nitrogens with one attached hydrogen (secondary N) is 4. The molecule has 0 saturated carbocycles. The lowest BCUT2D eigenvalue weighted by atomic mass is 10.1. The van der Waals surface area contributed by atoms with Crippen LogP contribution < -0.4 is 28.4 Å². The lowest BCUT2D eigenvalue weighted by Gasteiger charge is -2.12. The van der Waals surface area contributed by atoms with Gasteiger partial charge in [-0.1, -0.05) is 17.3 Å². The summed E-state index contributed by atoms with van der Waals surface area (Å²) in [6, 6.07) is 35.9. The molecular formula is C66H79N15O6. The Kier molecular flexibility index (Phi) is 19.2. The zero-order valence-electron chi connectivity index (χ0n) is 51.2. The van der Waals surface area contributed by atoms with Crippen LogP contribution >= 0.6 is 0 Å². The number of H-pyrrole nitrogens is 4. The Morgan fingerprint density at radius 3 is 1.11 bits per heavy atom. The number of hydrogen-bond donors (Lipinski definition) is 4. The molecule has 21 heteroatoms. The van der Waals surface area contributed by atoms with Crippen LogP contribution in [0.2, 0.25) is 0 Å². The Hall–Kier alpha value is -9.02. The predicted molar refractivity (Wildman–Crippen MR) is 343 cm³/mol. The molecule has 0 aliphatic carbocycles. The molecular weight excluding hydrogens is 1100 g/mol. The molecule has 454 valence electrons. The summed E-state index contributed by atoms with van der Waals surface area (Å²) < 4.78 is 39.6. The smallest absolute Gasteiger partial charge is 0.142 e. The molecule has 0 atom stereocenters. The van der Waals surface area contributed by atoms with Crippen molar-refractivity contribution in [3.05, 3.63) is 121 Å². The number of imidazole rings is 4. The molecule has 6 aromatic carbocycles. The largest absolute Gasteiger partial charge is 0.493 e. The second-order valence-corrected chi connectivity index (χ2v) is 22.9. The van der Waals surface area contributed by atoms with Gasteiger partial charge in [-0.25, -0.2) is 24.6 Å². The third-order valence-electron chi connectivity index (χ3n) is 14.7. The third kappa shape index (κ3) is 15.7. The van der Waals surface area contributed by atoms with E-state index < -0.39 is 0 Å². The summed E-state index contributed by atoms with van der Waals surface area (Å²) in [5.74, 6) is 7.18. The van der Waals surface area contributed by atoms with Crippen molar-refractivity contribution in [1.82, 2.24) is 74.5 Å². The lowest BCUT2D eigenvalue weighted by Crippen LogP contribution is -2.15. The van der Waals surface area contributed by atoms with E-state index in [2.05, 4.69) is 106 Å². The highest BCUT2D eigenvalue weighted by atomic mass is 16.5. The number of hydrogen-bond acceptors (Lipinski definition) is 16. The van der Waals surface area contributed by atoms with Crippen LogP contribution in [-0.2, 0) is 13.0 Å². The van der Waals surface area contributed by atoms with Crippen molar-refractivity contribution in [3.8, 4) is 80.0 Å². The predicted octanol–water partition coefficient (Wildman–Crippen LogP) is 10.5. The molecule has 5 heterocycles. The number of rotatable bonds is 32. The van der Waals surface area contributed by atoms with Crippen molar-refractivity contribution in [2.45, 2.75) is 38.6 Å². The maximum Gasteiger partial charge on any atom is 0.142 e. The van der Waals surface area contributed by atoms with Gasteiger partial charge in [0.2, 0.25) is 0 Å². The van der Waals surface area contributed by atoms with Crippen LogP contribution in [-0.4, -0.2) is 197 Å². The van der Waals surface area contributed by atoms with Gasteiger partial charge in [0.1, 0.15) is 64.4 Å². The molecule has 0 spiro atoms. The fourth-order valence-corrected chi connectivity index (χ4v) is 10.2. The van der Waals surface area contributed by atoms with Crippen LogP contribution in [0.4, 0.5) is 0 Å². The Morgan fingerprint density at radius 2 is 0.736 bits per heavy atom. The number of benzene rings is 6. The summed E-state index contributed by atoms with van der Waals surface area (Å²) in [6.07, 6.45) is 6.13. The molecule has 0 unspecified atom stereocenters. The molecule has 11 rings (SSSR count). The van der Waals surface area contributed by atoms with Crippen LogP contribution in [0.15, 0.2) is 115 Å². The number of aromatic nitrogens is 11. The topological polar surface area (TPSA) is 214 Å². The first-order valence-electron chi connectivity index (χ1n) is 29.9. The summed E-state index contributed by atoms with van der Waals surface area (Å²) >= 11 is 0. The van der Waals surface area contributed by atoms with Gasteiger partial charge in [0.25, 0.3) is 0 Å². The van der Waals surface area contributed by atoms with Gasteiger partial charge >= 0.3 is 0 Å². The Morgan fingerprint density at radius 1 is 0.379 bits per heavy atom. The highest BCUT2D eigenvalue weighted by Crippen LogP contribution is 2.37. The first-order chi connectivity index (χ1) is 42.3. The fraction of sp³-hybridized carbons (Fsp3) is 0.364. The van der Waals surface area contributed by atoms with Gasteiger partial charge in [-0.15, -0.1) is 5.10 Å². The molecule has 0 saturated heterocycles. The molecule has 5 aromatic heterocycles. The van der Waals surface area contributed by atoms with E-state index in [0.717, 1.165) is 147 Å². The minimum absolute atomic E-state index is 0.292. The minimum Gasteiger partial charge on any atom is -0.493 e. The average molecular weight is 1180 g/mol. The number of fused-ring (bicyclic) bond motifs is 4. The Balaban J connectivity index is 0.797. The average Bonchev–Trinajstić information content (AvgIpc) is 3.58. The maximum absolute atomic E-state index is 6.70. The zero-order valence-corrected chi connectivity index (χ0v) is 51.2. The molecule has 87 heavy (non-hydrogen) atoms. The van der Waals surface area contributed by atoms with Gasteiger partial charge in [-0.2, -0.15) is 0 Å². The SMILES string of the molecule is CN(C)CCCOc1ccc2nc(-c3ccc(-c4nc5ccc(OCCCN(C)C)cc5[nH]4)c(OCCc4cn(CCOc5cc(-c6nc7ccc(OCCCN(C)C)cc7[nH]6)ccc5-c5nc6ccc(OCCCN(C)C)cc6[nH]5)nn4)c3)[nH]c2c1. The fourth-order valence-electron chi connectivity index (χ4n) is 10.2. The normalized spacial score (nSPS) is 11.9. The van der Waals surface area contributed by atoms with Crippen LogP contribution in [0.3, 0.4) is 0 Å². The van der Waals surface area contributed by atoms with Gasteiger partial charge in [-0.05, 0) is 155 Å². The van der Waals surface area contributed by atoms with Crippen LogP contribution in [0.5, 0.6) is 34.5 Å². The molecule has 11 aromatic rings. The van der Waals surface area contributed by atoms with Crippen molar-refractivity contribution >= 4 is 44.1 Å². The van der Waals surface area contributed by atoms with E-state index in [-0.39, 0.29) is 0 Å². The van der Waals surface area contributed by atoms with Gasteiger partial charge in [0.05, 0.1) is 101 Å². The van der Waals surface area contributed by atoms with E-state index in [1.165, 1.54) is 0 Å². The molecule has 0 fully saturated rings. The van der Waals surface area contributed by atoms with E-state index in [1.54, 1.807) is 4.68 Å². The summed E-state index contributed by atoms with van der Waals surface area (Å²) in [7, 11) is 16.5. The number of aromatic amines is 4. The highest BCUT2D eigenvalue weighted by molar-refractivity contribution is 5.86. The van der Waals surface area contributed by atoms with E-state index in [1.807, 2.05) is 115 Å². The quantitative estimate of drug-likeness (QED) is 0.0289. The first-order valence-corrected chi connectivity index (χ1v) is 29.9. The molecule has 0 bridgehead atoms. The summed E-state index contributed by atoms with van der Waals surface area (Å²) in [5.41, 5.74) is 10.9. The van der Waals surface area contributed by atoms with Crippen LogP contribution in [0, 0.1) is 0 Å². The molecule has 4 N–H and O–H groups in total. The molecule has 0 aliphatic heterocycles. The van der Waals surface area contributed by atoms with Crippen molar-refractivity contribution in [2.24, 2.45) is 0 Å². The van der Waals surface area contributed by atoms with Gasteiger partial charge in [-0.3, -0.25) is 0 Å². The number of ether oxygens (including phenoxy) is 6. The second-order valence-electron chi connectivity index (χ2n) is 22.9. The first kappa shape index (κ1) is 59.7. The van der Waals surface area contributed by atoms with Crippen molar-refractivity contribution in [3.63, 3.8) is 0 Å². The summed E-state index contributed by atoms with van der Waals surface area (Å²) in [5, 5.41) is 9.07. The molecule has 21 nitrogen and oxygen atoms in total. The second kappa shape index (κ2) is 28.0. The van der Waals surface area contributed by atoms with Crippen molar-refractivity contribution < 1.29 is 28.4 Å². The highest BCUT2D eigenvalue weighted by Gasteiger charge is 2.19. The molecule has 0 amide bonds. The maximum atomic E-state index is 6.70.